The first-order valence-corrected chi connectivity index (χ1v) is 6.62. The van der Waals surface area contributed by atoms with Crippen LogP contribution >= 0.6 is 12.4 Å². The molecule has 2 saturated heterocycles. The zero-order chi connectivity index (χ0) is 11.8. The van der Waals surface area contributed by atoms with Crippen LogP contribution in [0.3, 0.4) is 0 Å². The summed E-state index contributed by atoms with van der Waals surface area (Å²) in [6.45, 7) is 7.40. The number of aryl methyl sites for hydroxylation is 2. The molecule has 2 unspecified atom stereocenters. The van der Waals surface area contributed by atoms with Crippen LogP contribution in [0.2, 0.25) is 0 Å². The Hall–Kier alpha value is -0.580. The molecule has 2 atom stereocenters. The van der Waals surface area contributed by atoms with Crippen molar-refractivity contribution in [3.8, 4) is 0 Å². The standard InChI is InChI=1S/C13H21N3O.ClH/c1-9-13(10(2)17-15-9)8-16-6-5-11-3-4-12(7-16)14-11;/h11-12,14H,3-8H2,1-2H3;1H. The first kappa shape index (κ1) is 13.8. The summed E-state index contributed by atoms with van der Waals surface area (Å²) in [6.07, 6.45) is 3.98. The summed E-state index contributed by atoms with van der Waals surface area (Å²) in [6, 6.07) is 1.46. The molecule has 0 spiro atoms. The van der Waals surface area contributed by atoms with Crippen molar-refractivity contribution in [3.05, 3.63) is 17.0 Å². The number of nitrogens with one attached hydrogen (secondary N) is 1. The first-order chi connectivity index (χ1) is 8.22. The van der Waals surface area contributed by atoms with Gasteiger partial charge in [-0.15, -0.1) is 12.4 Å². The monoisotopic (exact) mass is 271 g/mol. The Morgan fingerprint density at radius 1 is 1.28 bits per heavy atom. The van der Waals surface area contributed by atoms with Crippen molar-refractivity contribution >= 4 is 12.4 Å². The molecule has 2 fully saturated rings. The van der Waals surface area contributed by atoms with Gasteiger partial charge < -0.3 is 9.84 Å². The summed E-state index contributed by atoms with van der Waals surface area (Å²) in [4.78, 5) is 2.54. The molecule has 3 rings (SSSR count). The summed E-state index contributed by atoms with van der Waals surface area (Å²) < 4.78 is 5.24. The van der Waals surface area contributed by atoms with Gasteiger partial charge in [-0.2, -0.15) is 0 Å². The molecule has 0 aliphatic carbocycles. The second-order valence-corrected chi connectivity index (χ2v) is 5.46. The van der Waals surface area contributed by atoms with Crippen LogP contribution < -0.4 is 5.32 Å². The Bertz CT molecular complexity index is 387. The molecule has 2 aliphatic rings. The van der Waals surface area contributed by atoms with E-state index in [0.29, 0.717) is 6.04 Å². The van der Waals surface area contributed by atoms with E-state index in [1.54, 1.807) is 0 Å². The molecule has 1 aromatic heterocycles. The summed E-state index contributed by atoms with van der Waals surface area (Å²) in [5, 5.41) is 7.75. The van der Waals surface area contributed by atoms with Crippen LogP contribution in [0.4, 0.5) is 0 Å². The smallest absolute Gasteiger partial charge is 0.138 e. The number of likely N-dealkylation sites (tertiary alicyclic amines) is 1. The highest BCUT2D eigenvalue weighted by molar-refractivity contribution is 5.85. The number of halogens is 1. The Labute approximate surface area is 114 Å². The van der Waals surface area contributed by atoms with E-state index in [9.17, 15) is 0 Å². The summed E-state index contributed by atoms with van der Waals surface area (Å²) in [5.74, 6) is 0.977. The molecule has 2 bridgehead atoms. The minimum absolute atomic E-state index is 0. The predicted octanol–water partition coefficient (Wildman–Crippen LogP) is 2.04. The van der Waals surface area contributed by atoms with E-state index in [1.807, 2.05) is 13.8 Å². The van der Waals surface area contributed by atoms with Gasteiger partial charge in [-0.1, -0.05) is 5.16 Å². The molecule has 4 nitrogen and oxygen atoms in total. The molecular formula is C13H22ClN3O. The molecule has 18 heavy (non-hydrogen) atoms. The molecular weight excluding hydrogens is 250 g/mol. The fraction of sp³-hybridized carbons (Fsp3) is 0.769. The minimum Gasteiger partial charge on any atom is -0.361 e. The third-order valence-corrected chi connectivity index (χ3v) is 4.17. The molecule has 2 aliphatic heterocycles. The van der Waals surface area contributed by atoms with Crippen LogP contribution in [-0.4, -0.2) is 35.2 Å². The lowest BCUT2D eigenvalue weighted by Crippen LogP contribution is -2.35. The van der Waals surface area contributed by atoms with Crippen LogP contribution in [0.15, 0.2) is 4.52 Å². The van der Waals surface area contributed by atoms with Gasteiger partial charge in [0.2, 0.25) is 0 Å². The van der Waals surface area contributed by atoms with Crippen LogP contribution in [0.25, 0.3) is 0 Å². The van der Waals surface area contributed by atoms with Crippen LogP contribution in [0.5, 0.6) is 0 Å². The Balaban J connectivity index is 0.00000120. The average molecular weight is 272 g/mol. The Morgan fingerprint density at radius 2 is 2.06 bits per heavy atom. The lowest BCUT2D eigenvalue weighted by molar-refractivity contribution is 0.249. The summed E-state index contributed by atoms with van der Waals surface area (Å²) >= 11 is 0. The van der Waals surface area contributed by atoms with Gasteiger partial charge in [0.25, 0.3) is 0 Å². The van der Waals surface area contributed by atoms with Crippen molar-refractivity contribution in [3.63, 3.8) is 0 Å². The number of rotatable bonds is 2. The fourth-order valence-electron chi connectivity index (χ4n) is 3.11. The molecule has 102 valence electrons. The SMILES string of the molecule is Cc1noc(C)c1CN1CCC2CCC(C1)N2.Cl. The fourth-order valence-corrected chi connectivity index (χ4v) is 3.11. The van der Waals surface area contributed by atoms with E-state index in [1.165, 1.54) is 37.9 Å². The zero-order valence-corrected chi connectivity index (χ0v) is 11.9. The summed E-state index contributed by atoms with van der Waals surface area (Å²) in [7, 11) is 0. The molecule has 0 saturated carbocycles. The molecule has 3 heterocycles. The van der Waals surface area contributed by atoms with Crippen molar-refractivity contribution in [2.24, 2.45) is 0 Å². The van der Waals surface area contributed by atoms with Crippen molar-refractivity contribution in [1.82, 2.24) is 15.4 Å². The number of nitrogens with zero attached hydrogens (tertiary/aromatic N) is 2. The minimum atomic E-state index is 0. The molecule has 1 N–H and O–H groups in total. The average Bonchev–Trinajstić information content (AvgIpc) is 2.78. The van der Waals surface area contributed by atoms with E-state index >= 15 is 0 Å². The van der Waals surface area contributed by atoms with Crippen molar-refractivity contribution in [1.29, 1.82) is 0 Å². The maximum atomic E-state index is 5.24. The van der Waals surface area contributed by atoms with E-state index in [2.05, 4.69) is 15.4 Å². The lowest BCUT2D eigenvalue weighted by atomic mass is 10.1. The molecule has 1 aromatic rings. The van der Waals surface area contributed by atoms with Gasteiger partial charge in [0.05, 0.1) is 5.69 Å². The van der Waals surface area contributed by atoms with Crippen molar-refractivity contribution in [2.75, 3.05) is 13.1 Å². The van der Waals surface area contributed by atoms with Gasteiger partial charge in [-0.05, 0) is 33.1 Å². The highest BCUT2D eigenvalue weighted by Gasteiger charge is 2.29. The van der Waals surface area contributed by atoms with Crippen molar-refractivity contribution < 1.29 is 4.52 Å². The van der Waals surface area contributed by atoms with Crippen molar-refractivity contribution in [2.45, 2.75) is 51.7 Å². The van der Waals surface area contributed by atoms with Gasteiger partial charge in [0, 0.05) is 37.3 Å². The zero-order valence-electron chi connectivity index (χ0n) is 11.1. The maximum Gasteiger partial charge on any atom is 0.138 e. The van der Waals surface area contributed by atoms with Crippen LogP contribution in [0.1, 0.15) is 36.3 Å². The third kappa shape index (κ3) is 2.71. The molecule has 0 aromatic carbocycles. The first-order valence-electron chi connectivity index (χ1n) is 6.62. The topological polar surface area (TPSA) is 41.3 Å². The number of fused-ring (bicyclic) bond motifs is 2. The van der Waals surface area contributed by atoms with Crippen LogP contribution in [-0.2, 0) is 6.54 Å². The third-order valence-electron chi connectivity index (χ3n) is 4.17. The molecule has 0 amide bonds. The molecule has 5 heteroatoms. The largest absolute Gasteiger partial charge is 0.361 e. The highest BCUT2D eigenvalue weighted by atomic mass is 35.5. The molecule has 0 radical (unpaired) electrons. The summed E-state index contributed by atoms with van der Waals surface area (Å²) in [5.41, 5.74) is 2.33. The van der Waals surface area contributed by atoms with E-state index in [4.69, 9.17) is 4.52 Å². The van der Waals surface area contributed by atoms with Gasteiger partial charge in [-0.25, -0.2) is 0 Å². The van der Waals surface area contributed by atoms with E-state index in [0.717, 1.165) is 24.0 Å². The maximum absolute atomic E-state index is 5.24. The number of hydrogen-bond donors (Lipinski definition) is 1. The van der Waals surface area contributed by atoms with Gasteiger partial charge in [0.1, 0.15) is 5.76 Å². The van der Waals surface area contributed by atoms with E-state index < -0.39 is 0 Å². The lowest BCUT2D eigenvalue weighted by Gasteiger charge is -2.23. The van der Waals surface area contributed by atoms with Gasteiger partial charge in [-0.3, -0.25) is 4.90 Å². The Kier molecular flexibility index (Phi) is 4.30. The number of hydrogen-bond acceptors (Lipinski definition) is 4. The Morgan fingerprint density at radius 3 is 2.78 bits per heavy atom. The quantitative estimate of drug-likeness (QED) is 0.894. The second-order valence-electron chi connectivity index (χ2n) is 5.46. The normalized spacial score (nSPS) is 27.9. The number of aromatic nitrogens is 1. The van der Waals surface area contributed by atoms with Gasteiger partial charge >= 0.3 is 0 Å². The predicted molar refractivity (Wildman–Crippen MR) is 73.1 cm³/mol. The second kappa shape index (κ2) is 5.59. The van der Waals surface area contributed by atoms with Gasteiger partial charge in [0.15, 0.2) is 0 Å². The van der Waals surface area contributed by atoms with Crippen LogP contribution in [0, 0.1) is 13.8 Å². The van der Waals surface area contributed by atoms with E-state index in [-0.39, 0.29) is 12.4 Å². The highest BCUT2D eigenvalue weighted by Crippen LogP contribution is 2.23.